The monoisotopic (exact) mass is 424 g/mol. The molecular formula is C22H18F2N4O3. The van der Waals surface area contributed by atoms with Crippen molar-refractivity contribution >= 4 is 11.9 Å². The van der Waals surface area contributed by atoms with Crippen molar-refractivity contribution in [3.05, 3.63) is 77.9 Å². The number of carbonyl (C=O) groups excluding carboxylic acids is 2. The maximum Gasteiger partial charge on any atom is 0.387 e. The van der Waals surface area contributed by atoms with Crippen molar-refractivity contribution in [3.63, 3.8) is 0 Å². The van der Waals surface area contributed by atoms with Crippen molar-refractivity contribution in [1.29, 1.82) is 0 Å². The zero-order chi connectivity index (χ0) is 22.2. The lowest BCUT2D eigenvalue weighted by molar-refractivity contribution is -0.129. The van der Waals surface area contributed by atoms with Gasteiger partial charge >= 0.3 is 12.6 Å². The highest BCUT2D eigenvalue weighted by molar-refractivity contribution is 6.09. The van der Waals surface area contributed by atoms with Gasteiger partial charge in [-0.15, -0.1) is 0 Å². The minimum atomic E-state index is -2.97. The molecule has 1 aromatic heterocycles. The van der Waals surface area contributed by atoms with Gasteiger partial charge in [-0.1, -0.05) is 24.3 Å². The molecule has 1 aliphatic rings. The number of hydrogen-bond acceptors (Lipinski definition) is 5. The van der Waals surface area contributed by atoms with Crippen LogP contribution in [0, 0.1) is 6.92 Å². The Hall–Kier alpha value is -3.88. The van der Waals surface area contributed by atoms with Gasteiger partial charge in [0.05, 0.1) is 0 Å². The van der Waals surface area contributed by atoms with Crippen molar-refractivity contribution in [2.24, 2.45) is 0 Å². The predicted molar refractivity (Wildman–Crippen MR) is 107 cm³/mol. The molecule has 3 amide bonds. The Morgan fingerprint density at radius 2 is 1.74 bits per heavy atom. The zero-order valence-electron chi connectivity index (χ0n) is 16.7. The van der Waals surface area contributed by atoms with E-state index in [4.69, 9.17) is 0 Å². The lowest BCUT2D eigenvalue weighted by atomic mass is 9.81. The summed E-state index contributed by atoms with van der Waals surface area (Å²) in [6.45, 7) is -1.38. The number of rotatable bonds is 5. The summed E-state index contributed by atoms with van der Waals surface area (Å²) in [5.41, 5.74) is 1.31. The maximum absolute atomic E-state index is 13.3. The number of likely N-dealkylation sites (N-methyl/N-ethyl adjacent to an activating group) is 1. The number of halogens is 2. The van der Waals surface area contributed by atoms with Crippen LogP contribution in [0.25, 0.3) is 11.1 Å². The van der Waals surface area contributed by atoms with Crippen molar-refractivity contribution < 1.29 is 23.1 Å². The standard InChI is InChI=1S/C22H18F2N4O3/c1-13-8-17(6-7-18(13)31-20(23)24)22(19(29)28(2)21(30)27-22)16-5-3-4-14(9-16)15-10-25-12-26-11-15/h3-12,20H,1-2H3,(H,27,30). The maximum atomic E-state index is 13.3. The summed E-state index contributed by atoms with van der Waals surface area (Å²) in [6, 6.07) is 11.0. The molecule has 2 heterocycles. The second kappa shape index (κ2) is 7.75. The molecular weight excluding hydrogens is 406 g/mol. The highest BCUT2D eigenvalue weighted by Crippen LogP contribution is 2.38. The summed E-state index contributed by atoms with van der Waals surface area (Å²) in [6.07, 6.45) is 4.69. The smallest absolute Gasteiger partial charge is 0.387 e. The van der Waals surface area contributed by atoms with Crippen LogP contribution in [0.15, 0.2) is 61.2 Å². The average molecular weight is 424 g/mol. The summed E-state index contributed by atoms with van der Waals surface area (Å²) < 4.78 is 29.8. The fraction of sp³-hybridized carbons (Fsp3) is 0.182. The molecule has 158 valence electrons. The van der Waals surface area contributed by atoms with Gasteiger partial charge < -0.3 is 10.1 Å². The third-order valence-electron chi connectivity index (χ3n) is 5.24. The van der Waals surface area contributed by atoms with Crippen LogP contribution in [0.4, 0.5) is 13.6 Å². The third kappa shape index (κ3) is 3.48. The van der Waals surface area contributed by atoms with Gasteiger partial charge in [-0.3, -0.25) is 9.69 Å². The summed E-state index contributed by atoms with van der Waals surface area (Å²) in [5.74, 6) is -0.491. The molecule has 0 bridgehead atoms. The van der Waals surface area contributed by atoms with Gasteiger partial charge in [-0.2, -0.15) is 8.78 Å². The van der Waals surface area contributed by atoms with Gasteiger partial charge in [0.2, 0.25) is 0 Å². The first-order valence-corrected chi connectivity index (χ1v) is 9.35. The number of alkyl halides is 2. The van der Waals surface area contributed by atoms with E-state index in [1.807, 2.05) is 6.07 Å². The molecule has 1 aliphatic heterocycles. The van der Waals surface area contributed by atoms with Gasteiger partial charge in [-0.05, 0) is 47.4 Å². The fourth-order valence-electron chi connectivity index (χ4n) is 3.69. The van der Waals surface area contributed by atoms with E-state index in [0.29, 0.717) is 16.7 Å². The Bertz CT molecular complexity index is 1160. The van der Waals surface area contributed by atoms with Gasteiger partial charge in [-0.25, -0.2) is 14.8 Å². The number of hydrogen-bond donors (Lipinski definition) is 1. The number of ether oxygens (including phenoxy) is 1. The van der Waals surface area contributed by atoms with Gasteiger partial charge in [0, 0.05) is 25.0 Å². The van der Waals surface area contributed by atoms with Gasteiger partial charge in [0.1, 0.15) is 12.1 Å². The second-order valence-corrected chi connectivity index (χ2v) is 7.11. The Morgan fingerprint density at radius 3 is 2.35 bits per heavy atom. The number of aryl methyl sites for hydroxylation is 1. The van der Waals surface area contributed by atoms with Crippen LogP contribution in [0.5, 0.6) is 5.75 Å². The summed E-state index contributed by atoms with van der Waals surface area (Å²) in [4.78, 5) is 34.8. The van der Waals surface area contributed by atoms with Crippen molar-refractivity contribution in [3.8, 4) is 16.9 Å². The first-order valence-electron chi connectivity index (χ1n) is 9.35. The van der Waals surface area contributed by atoms with Crippen LogP contribution in [0.3, 0.4) is 0 Å². The molecule has 0 saturated carbocycles. The predicted octanol–water partition coefficient (Wildman–Crippen LogP) is 3.48. The molecule has 2 aromatic carbocycles. The number of amides is 3. The van der Waals surface area contributed by atoms with Gasteiger partial charge in [0.15, 0.2) is 5.54 Å². The molecule has 0 aliphatic carbocycles. The number of nitrogens with one attached hydrogen (secondary N) is 1. The number of imide groups is 1. The lowest BCUT2D eigenvalue weighted by Gasteiger charge is -2.29. The second-order valence-electron chi connectivity index (χ2n) is 7.11. The van der Waals surface area contributed by atoms with E-state index in [-0.39, 0.29) is 5.75 Å². The van der Waals surface area contributed by atoms with E-state index in [1.54, 1.807) is 43.6 Å². The highest BCUT2D eigenvalue weighted by atomic mass is 19.3. The van der Waals surface area contributed by atoms with E-state index in [1.165, 1.54) is 25.5 Å². The summed E-state index contributed by atoms with van der Waals surface area (Å²) >= 11 is 0. The molecule has 31 heavy (non-hydrogen) atoms. The van der Waals surface area contributed by atoms with Crippen LogP contribution in [-0.4, -0.2) is 40.5 Å². The van der Waals surface area contributed by atoms with E-state index in [0.717, 1.165) is 16.0 Å². The number of urea groups is 1. The highest BCUT2D eigenvalue weighted by Gasteiger charge is 2.52. The molecule has 0 radical (unpaired) electrons. The topological polar surface area (TPSA) is 84.4 Å². The van der Waals surface area contributed by atoms with Crippen molar-refractivity contribution in [2.45, 2.75) is 19.1 Å². The molecule has 1 atom stereocenters. The van der Waals surface area contributed by atoms with Crippen molar-refractivity contribution in [1.82, 2.24) is 20.2 Å². The molecule has 9 heteroatoms. The molecule has 7 nitrogen and oxygen atoms in total. The first kappa shape index (κ1) is 20.4. The zero-order valence-corrected chi connectivity index (χ0v) is 16.7. The quantitative estimate of drug-likeness (QED) is 0.634. The number of carbonyl (C=O) groups is 2. The first-order chi connectivity index (χ1) is 14.8. The third-order valence-corrected chi connectivity index (χ3v) is 5.24. The Labute approximate surface area is 176 Å². The van der Waals surface area contributed by atoms with E-state index >= 15 is 0 Å². The van der Waals surface area contributed by atoms with E-state index in [9.17, 15) is 18.4 Å². The van der Waals surface area contributed by atoms with Gasteiger partial charge in [0.25, 0.3) is 5.91 Å². The molecule has 1 saturated heterocycles. The molecule has 0 spiro atoms. The molecule has 4 rings (SSSR count). The lowest BCUT2D eigenvalue weighted by Crippen LogP contribution is -2.45. The minimum absolute atomic E-state index is 0.00536. The molecule has 3 aromatic rings. The van der Waals surface area contributed by atoms with Crippen LogP contribution in [0.2, 0.25) is 0 Å². The minimum Gasteiger partial charge on any atom is -0.435 e. The number of aromatic nitrogens is 2. The van der Waals surface area contributed by atoms with Crippen molar-refractivity contribution in [2.75, 3.05) is 7.05 Å². The van der Waals surface area contributed by atoms with Crippen LogP contribution >= 0.6 is 0 Å². The van der Waals surface area contributed by atoms with E-state index < -0.39 is 24.1 Å². The SMILES string of the molecule is Cc1cc(C2(c3cccc(-c4cncnc4)c3)NC(=O)N(C)C2=O)ccc1OC(F)F. The van der Waals surface area contributed by atoms with Crippen LogP contribution in [-0.2, 0) is 10.3 Å². The number of benzene rings is 2. The van der Waals surface area contributed by atoms with Crippen LogP contribution < -0.4 is 10.1 Å². The fourth-order valence-corrected chi connectivity index (χ4v) is 3.69. The largest absolute Gasteiger partial charge is 0.435 e. The Morgan fingerprint density at radius 1 is 1.03 bits per heavy atom. The Balaban J connectivity index is 1.88. The van der Waals surface area contributed by atoms with Crippen LogP contribution in [0.1, 0.15) is 16.7 Å². The molecule has 1 N–H and O–H groups in total. The molecule has 1 fully saturated rings. The number of nitrogens with zero attached hydrogens (tertiary/aromatic N) is 3. The average Bonchev–Trinajstić information content (AvgIpc) is 3.00. The normalized spacial score (nSPS) is 18.4. The summed E-state index contributed by atoms with van der Waals surface area (Å²) in [5, 5.41) is 2.78. The Kier molecular flexibility index (Phi) is 5.10. The summed E-state index contributed by atoms with van der Waals surface area (Å²) in [7, 11) is 1.38. The molecule has 1 unspecified atom stereocenters. The van der Waals surface area contributed by atoms with E-state index in [2.05, 4.69) is 20.0 Å².